The van der Waals surface area contributed by atoms with Crippen molar-refractivity contribution in [3.63, 3.8) is 0 Å². The molecule has 0 bridgehead atoms. The van der Waals surface area contributed by atoms with Gasteiger partial charge in [-0.15, -0.1) is 0 Å². The van der Waals surface area contributed by atoms with Crippen molar-refractivity contribution in [1.29, 1.82) is 0 Å². The number of esters is 1. The Balaban J connectivity index is 1.72. The van der Waals surface area contributed by atoms with Gasteiger partial charge in [0.25, 0.3) is 0 Å². The Labute approximate surface area is 134 Å². The summed E-state index contributed by atoms with van der Waals surface area (Å²) in [6, 6.07) is -0.149. The van der Waals surface area contributed by atoms with Gasteiger partial charge in [0.1, 0.15) is 11.6 Å². The molecule has 0 amide bonds. The summed E-state index contributed by atoms with van der Waals surface area (Å²) < 4.78 is 10.9. The zero-order valence-corrected chi connectivity index (χ0v) is 14.6. The van der Waals surface area contributed by atoms with Crippen molar-refractivity contribution in [2.24, 2.45) is 5.92 Å². The Bertz CT molecular complexity index is 353. The van der Waals surface area contributed by atoms with E-state index in [0.29, 0.717) is 0 Å². The Morgan fingerprint density at radius 2 is 1.77 bits per heavy atom. The second kappa shape index (κ2) is 7.75. The Morgan fingerprint density at radius 3 is 2.32 bits per heavy atom. The zero-order chi connectivity index (χ0) is 16.2. The molecule has 0 saturated carbocycles. The van der Waals surface area contributed by atoms with Gasteiger partial charge in [0.2, 0.25) is 0 Å². The summed E-state index contributed by atoms with van der Waals surface area (Å²) in [6.45, 7) is 14.7. The van der Waals surface area contributed by atoms with Crippen LogP contribution in [0.25, 0.3) is 0 Å². The van der Waals surface area contributed by atoms with Gasteiger partial charge >= 0.3 is 5.97 Å². The molecule has 2 rings (SSSR count). The molecule has 0 radical (unpaired) electrons. The monoisotopic (exact) mass is 312 g/mol. The van der Waals surface area contributed by atoms with Gasteiger partial charge < -0.3 is 14.4 Å². The van der Waals surface area contributed by atoms with E-state index >= 15 is 0 Å². The number of nitrogens with zero attached hydrogens (tertiary/aromatic N) is 2. The molecule has 0 N–H and O–H groups in total. The quantitative estimate of drug-likeness (QED) is 0.740. The fraction of sp³-hybridized carbons (Fsp3) is 0.941. The van der Waals surface area contributed by atoms with Crippen LogP contribution in [0.4, 0.5) is 0 Å². The van der Waals surface area contributed by atoms with Crippen LogP contribution in [0.2, 0.25) is 0 Å². The van der Waals surface area contributed by atoms with Crippen molar-refractivity contribution in [2.75, 3.05) is 45.9 Å². The molecule has 22 heavy (non-hydrogen) atoms. The second-order valence-corrected chi connectivity index (χ2v) is 7.60. The highest BCUT2D eigenvalue weighted by molar-refractivity contribution is 5.75. The highest BCUT2D eigenvalue weighted by atomic mass is 16.6. The van der Waals surface area contributed by atoms with Gasteiger partial charge in [0.05, 0.1) is 0 Å². The summed E-state index contributed by atoms with van der Waals surface area (Å²) in [7, 11) is 0. The molecule has 1 atom stereocenters. The van der Waals surface area contributed by atoms with E-state index in [1.165, 1.54) is 19.4 Å². The van der Waals surface area contributed by atoms with Crippen molar-refractivity contribution in [3.05, 3.63) is 0 Å². The highest BCUT2D eigenvalue weighted by Gasteiger charge is 2.29. The maximum atomic E-state index is 12.2. The smallest absolute Gasteiger partial charge is 0.323 e. The first kappa shape index (κ1) is 17.7. The lowest BCUT2D eigenvalue weighted by Crippen LogP contribution is -2.53. The Hall–Kier alpha value is -0.650. The number of carbonyl (C=O) groups is 1. The molecular weight excluding hydrogens is 280 g/mol. The fourth-order valence-electron chi connectivity index (χ4n) is 3.16. The largest absolute Gasteiger partial charge is 0.459 e. The maximum Gasteiger partial charge on any atom is 0.323 e. The summed E-state index contributed by atoms with van der Waals surface area (Å²) >= 11 is 0. The molecule has 0 aromatic heterocycles. The van der Waals surface area contributed by atoms with E-state index in [0.717, 1.165) is 45.3 Å². The minimum atomic E-state index is -0.407. The van der Waals surface area contributed by atoms with Crippen molar-refractivity contribution in [1.82, 2.24) is 9.80 Å². The van der Waals surface area contributed by atoms with E-state index < -0.39 is 5.60 Å². The van der Waals surface area contributed by atoms with Crippen molar-refractivity contribution in [3.8, 4) is 0 Å². The number of carbonyl (C=O) groups excluding carboxylic acids is 1. The van der Waals surface area contributed by atoms with Gasteiger partial charge in [-0.25, -0.2) is 0 Å². The molecule has 0 aromatic carbocycles. The first-order valence-corrected chi connectivity index (χ1v) is 8.62. The number of hydrogen-bond donors (Lipinski definition) is 0. The molecule has 0 unspecified atom stereocenters. The van der Waals surface area contributed by atoms with Crippen molar-refractivity contribution in [2.45, 2.75) is 52.2 Å². The average Bonchev–Trinajstić information content (AvgIpc) is 2.46. The molecular formula is C17H32N2O3. The molecule has 128 valence electrons. The van der Waals surface area contributed by atoms with Gasteiger partial charge in [0.15, 0.2) is 0 Å². The van der Waals surface area contributed by atoms with Gasteiger partial charge in [-0.05, 0) is 46.5 Å². The molecule has 2 aliphatic heterocycles. The average molecular weight is 312 g/mol. The van der Waals surface area contributed by atoms with Crippen LogP contribution in [-0.4, -0.2) is 73.3 Å². The standard InChI is InChI=1S/C17H32N2O3/c1-14(16(20)22-17(2,3)4)19-9-7-18(8-10-19)13-15-5-11-21-12-6-15/h14-15H,5-13H2,1-4H3/t14-/m0/s1. The predicted octanol–water partition coefficient (Wildman–Crippen LogP) is 1.76. The minimum Gasteiger partial charge on any atom is -0.459 e. The minimum absolute atomic E-state index is 0.106. The molecule has 0 spiro atoms. The van der Waals surface area contributed by atoms with Gasteiger partial charge in [0, 0.05) is 45.9 Å². The van der Waals surface area contributed by atoms with Crippen LogP contribution in [0, 0.1) is 5.92 Å². The normalized spacial score (nSPS) is 24.2. The number of ether oxygens (including phenoxy) is 2. The van der Waals surface area contributed by atoms with Crippen LogP contribution in [0.15, 0.2) is 0 Å². The number of rotatable bonds is 4. The van der Waals surface area contributed by atoms with Crippen LogP contribution in [-0.2, 0) is 14.3 Å². The lowest BCUT2D eigenvalue weighted by molar-refractivity contribution is -0.161. The molecule has 5 nitrogen and oxygen atoms in total. The second-order valence-electron chi connectivity index (χ2n) is 7.60. The fourth-order valence-corrected chi connectivity index (χ4v) is 3.16. The van der Waals surface area contributed by atoms with Crippen LogP contribution < -0.4 is 0 Å². The van der Waals surface area contributed by atoms with E-state index in [-0.39, 0.29) is 12.0 Å². The van der Waals surface area contributed by atoms with E-state index in [4.69, 9.17) is 9.47 Å². The Kier molecular flexibility index (Phi) is 6.24. The van der Waals surface area contributed by atoms with Crippen LogP contribution in [0.1, 0.15) is 40.5 Å². The molecule has 2 saturated heterocycles. The van der Waals surface area contributed by atoms with Crippen LogP contribution in [0.5, 0.6) is 0 Å². The third-order valence-electron chi connectivity index (χ3n) is 4.56. The number of piperazine rings is 1. The highest BCUT2D eigenvalue weighted by Crippen LogP contribution is 2.18. The SMILES string of the molecule is C[C@@H](C(=O)OC(C)(C)C)N1CCN(CC2CCOCC2)CC1. The topological polar surface area (TPSA) is 42.0 Å². The summed E-state index contributed by atoms with van der Waals surface area (Å²) in [5, 5.41) is 0. The van der Waals surface area contributed by atoms with Gasteiger partial charge in [-0.2, -0.15) is 0 Å². The van der Waals surface area contributed by atoms with E-state index in [2.05, 4.69) is 9.80 Å². The third-order valence-corrected chi connectivity index (χ3v) is 4.56. The van der Waals surface area contributed by atoms with Crippen molar-refractivity contribution < 1.29 is 14.3 Å². The summed E-state index contributed by atoms with van der Waals surface area (Å²) in [5.74, 6) is 0.675. The predicted molar refractivity (Wildman–Crippen MR) is 86.9 cm³/mol. The molecule has 2 fully saturated rings. The molecule has 2 heterocycles. The Morgan fingerprint density at radius 1 is 1.18 bits per heavy atom. The van der Waals surface area contributed by atoms with Gasteiger partial charge in [-0.3, -0.25) is 9.69 Å². The van der Waals surface area contributed by atoms with Gasteiger partial charge in [-0.1, -0.05) is 0 Å². The van der Waals surface area contributed by atoms with E-state index in [1.807, 2.05) is 27.7 Å². The van der Waals surface area contributed by atoms with E-state index in [1.54, 1.807) is 0 Å². The van der Waals surface area contributed by atoms with E-state index in [9.17, 15) is 4.79 Å². The third kappa shape index (κ3) is 5.52. The molecule has 0 aliphatic carbocycles. The van der Waals surface area contributed by atoms with Crippen molar-refractivity contribution >= 4 is 5.97 Å². The lowest BCUT2D eigenvalue weighted by atomic mass is 9.99. The summed E-state index contributed by atoms with van der Waals surface area (Å²) in [5.41, 5.74) is -0.407. The maximum absolute atomic E-state index is 12.2. The summed E-state index contributed by atoms with van der Waals surface area (Å²) in [6.07, 6.45) is 2.38. The first-order chi connectivity index (χ1) is 10.3. The first-order valence-electron chi connectivity index (χ1n) is 8.62. The molecule has 0 aromatic rings. The lowest BCUT2D eigenvalue weighted by Gasteiger charge is -2.39. The summed E-state index contributed by atoms with van der Waals surface area (Å²) in [4.78, 5) is 16.9. The van der Waals surface area contributed by atoms with Crippen LogP contribution >= 0.6 is 0 Å². The molecule has 5 heteroatoms. The number of hydrogen-bond acceptors (Lipinski definition) is 5. The molecule has 2 aliphatic rings. The zero-order valence-electron chi connectivity index (χ0n) is 14.6. The van der Waals surface area contributed by atoms with Crippen LogP contribution in [0.3, 0.4) is 0 Å².